The van der Waals surface area contributed by atoms with Crippen molar-refractivity contribution >= 4 is 17.5 Å². The van der Waals surface area contributed by atoms with Crippen LogP contribution in [0.4, 0.5) is 11.6 Å². The number of hydrogen-bond acceptors (Lipinski definition) is 6. The van der Waals surface area contributed by atoms with Crippen molar-refractivity contribution in [1.82, 2.24) is 24.8 Å². The van der Waals surface area contributed by atoms with E-state index in [0.29, 0.717) is 29.8 Å². The fourth-order valence-electron chi connectivity index (χ4n) is 3.07. The number of rotatable bonds is 5. The molecule has 7 nitrogen and oxygen atoms in total. The van der Waals surface area contributed by atoms with Crippen LogP contribution in [0.5, 0.6) is 0 Å². The molecule has 0 spiro atoms. The zero-order valence-electron chi connectivity index (χ0n) is 14.9. The van der Waals surface area contributed by atoms with Gasteiger partial charge < -0.3 is 10.2 Å². The molecule has 2 aromatic heterocycles. The molecule has 1 aliphatic rings. The zero-order chi connectivity index (χ0) is 17.8. The second-order valence-electron chi connectivity index (χ2n) is 6.86. The summed E-state index contributed by atoms with van der Waals surface area (Å²) < 4.78 is 0. The van der Waals surface area contributed by atoms with E-state index in [9.17, 15) is 4.79 Å². The highest BCUT2D eigenvalue weighted by atomic mass is 16.2. The van der Waals surface area contributed by atoms with Crippen LogP contribution in [0.25, 0.3) is 0 Å². The topological polar surface area (TPSA) is 83.9 Å². The Morgan fingerprint density at radius 3 is 2.88 bits per heavy atom. The molecule has 0 bridgehead atoms. The van der Waals surface area contributed by atoms with Crippen molar-refractivity contribution in [1.29, 1.82) is 0 Å². The van der Waals surface area contributed by atoms with E-state index in [0.717, 1.165) is 25.2 Å². The SMILES string of the molecule is Cc1nc(Nc2cnccn2)cc(C2CCN(C(=O)CC(C)C)C2)n1. The molecule has 1 amide bonds. The predicted molar refractivity (Wildman–Crippen MR) is 95.5 cm³/mol. The van der Waals surface area contributed by atoms with E-state index in [4.69, 9.17) is 0 Å². The molecule has 3 rings (SSSR count). The summed E-state index contributed by atoms with van der Waals surface area (Å²) in [5.74, 6) is 2.93. The maximum absolute atomic E-state index is 12.3. The van der Waals surface area contributed by atoms with Crippen molar-refractivity contribution in [3.8, 4) is 0 Å². The first kappa shape index (κ1) is 17.3. The third kappa shape index (κ3) is 4.49. The van der Waals surface area contributed by atoms with E-state index in [1.807, 2.05) is 17.9 Å². The Balaban J connectivity index is 1.71. The summed E-state index contributed by atoms with van der Waals surface area (Å²) in [6.45, 7) is 7.55. The molecular weight excluding hydrogens is 316 g/mol. The summed E-state index contributed by atoms with van der Waals surface area (Å²) in [5.41, 5.74) is 0.971. The van der Waals surface area contributed by atoms with E-state index >= 15 is 0 Å². The van der Waals surface area contributed by atoms with Gasteiger partial charge in [0, 0.05) is 43.9 Å². The minimum absolute atomic E-state index is 0.237. The molecule has 0 radical (unpaired) electrons. The van der Waals surface area contributed by atoms with Gasteiger partial charge in [0.25, 0.3) is 0 Å². The van der Waals surface area contributed by atoms with Crippen LogP contribution in [-0.2, 0) is 4.79 Å². The standard InChI is InChI=1S/C18H24N6O/c1-12(2)8-18(25)24-7-4-14(11-24)15-9-16(22-13(3)21-15)23-17-10-19-5-6-20-17/h5-6,9-10,12,14H,4,7-8,11H2,1-3H3,(H,20,21,22,23). The largest absolute Gasteiger partial charge is 0.342 e. The predicted octanol–water partition coefficient (Wildman–Crippen LogP) is 2.68. The highest BCUT2D eigenvalue weighted by Crippen LogP contribution is 2.28. The first-order valence-electron chi connectivity index (χ1n) is 8.67. The van der Waals surface area contributed by atoms with E-state index in [-0.39, 0.29) is 11.8 Å². The molecule has 0 saturated carbocycles. The highest BCUT2D eigenvalue weighted by molar-refractivity contribution is 5.76. The maximum Gasteiger partial charge on any atom is 0.222 e. The van der Waals surface area contributed by atoms with Gasteiger partial charge in [-0.2, -0.15) is 0 Å². The third-order valence-corrected chi connectivity index (χ3v) is 4.22. The van der Waals surface area contributed by atoms with Crippen LogP contribution in [0, 0.1) is 12.8 Å². The number of nitrogens with one attached hydrogen (secondary N) is 1. The van der Waals surface area contributed by atoms with E-state index in [1.165, 1.54) is 0 Å². The minimum atomic E-state index is 0.237. The second-order valence-corrected chi connectivity index (χ2v) is 6.86. The van der Waals surface area contributed by atoms with Gasteiger partial charge >= 0.3 is 0 Å². The molecule has 1 fully saturated rings. The summed E-state index contributed by atoms with van der Waals surface area (Å²) in [4.78, 5) is 31.5. The Morgan fingerprint density at radius 2 is 2.16 bits per heavy atom. The molecule has 2 aromatic rings. The number of nitrogens with zero attached hydrogens (tertiary/aromatic N) is 5. The van der Waals surface area contributed by atoms with Gasteiger partial charge in [-0.15, -0.1) is 0 Å². The Labute approximate surface area is 147 Å². The average Bonchev–Trinajstić information content (AvgIpc) is 3.05. The first-order chi connectivity index (χ1) is 12.0. The molecule has 1 aliphatic heterocycles. The Hall–Kier alpha value is -2.57. The summed E-state index contributed by atoms with van der Waals surface area (Å²) in [5, 5.41) is 3.16. The van der Waals surface area contributed by atoms with E-state index in [1.54, 1.807) is 18.6 Å². The Bertz CT molecular complexity index is 734. The molecule has 1 saturated heterocycles. The molecule has 0 aromatic carbocycles. The summed E-state index contributed by atoms with van der Waals surface area (Å²) >= 11 is 0. The Kier molecular flexibility index (Phi) is 5.21. The molecule has 1 unspecified atom stereocenters. The van der Waals surface area contributed by atoms with Crippen molar-refractivity contribution in [2.75, 3.05) is 18.4 Å². The van der Waals surface area contributed by atoms with Gasteiger partial charge in [0.15, 0.2) is 0 Å². The van der Waals surface area contributed by atoms with Crippen LogP contribution >= 0.6 is 0 Å². The van der Waals surface area contributed by atoms with Crippen LogP contribution in [0.1, 0.15) is 44.1 Å². The van der Waals surface area contributed by atoms with Gasteiger partial charge in [0.1, 0.15) is 17.5 Å². The van der Waals surface area contributed by atoms with Crippen molar-refractivity contribution in [2.45, 2.75) is 39.5 Å². The van der Waals surface area contributed by atoms with Crippen LogP contribution in [-0.4, -0.2) is 43.8 Å². The molecule has 1 N–H and O–H groups in total. The lowest BCUT2D eigenvalue weighted by Crippen LogP contribution is -2.29. The monoisotopic (exact) mass is 340 g/mol. The number of likely N-dealkylation sites (tertiary alicyclic amines) is 1. The number of carbonyl (C=O) groups is 1. The van der Waals surface area contributed by atoms with E-state index in [2.05, 4.69) is 39.1 Å². The lowest BCUT2D eigenvalue weighted by molar-refractivity contribution is -0.130. The van der Waals surface area contributed by atoms with Gasteiger partial charge in [-0.05, 0) is 19.3 Å². The summed E-state index contributed by atoms with van der Waals surface area (Å²) in [6, 6.07) is 1.95. The normalized spacial score (nSPS) is 17.1. The molecular formula is C18H24N6O. The van der Waals surface area contributed by atoms with E-state index < -0.39 is 0 Å². The fourth-order valence-corrected chi connectivity index (χ4v) is 3.07. The number of carbonyl (C=O) groups excluding carboxylic acids is 1. The molecule has 132 valence electrons. The van der Waals surface area contributed by atoms with Crippen LogP contribution in [0.3, 0.4) is 0 Å². The van der Waals surface area contributed by atoms with Crippen molar-refractivity contribution in [3.05, 3.63) is 36.2 Å². The number of amides is 1. The summed E-state index contributed by atoms with van der Waals surface area (Å²) in [7, 11) is 0. The quantitative estimate of drug-likeness (QED) is 0.901. The smallest absolute Gasteiger partial charge is 0.222 e. The number of aryl methyl sites for hydroxylation is 1. The highest BCUT2D eigenvalue weighted by Gasteiger charge is 2.28. The van der Waals surface area contributed by atoms with Crippen LogP contribution < -0.4 is 5.32 Å². The lowest BCUT2D eigenvalue weighted by Gasteiger charge is -2.18. The molecule has 1 atom stereocenters. The van der Waals surface area contributed by atoms with Crippen molar-refractivity contribution in [3.63, 3.8) is 0 Å². The first-order valence-corrected chi connectivity index (χ1v) is 8.67. The van der Waals surface area contributed by atoms with Crippen LogP contribution in [0.15, 0.2) is 24.7 Å². The molecule has 3 heterocycles. The van der Waals surface area contributed by atoms with Crippen molar-refractivity contribution in [2.24, 2.45) is 5.92 Å². The number of anilines is 2. The van der Waals surface area contributed by atoms with Gasteiger partial charge in [-0.25, -0.2) is 15.0 Å². The second kappa shape index (κ2) is 7.55. The molecule has 7 heteroatoms. The molecule has 0 aliphatic carbocycles. The average molecular weight is 340 g/mol. The van der Waals surface area contributed by atoms with Crippen LogP contribution in [0.2, 0.25) is 0 Å². The molecule has 25 heavy (non-hydrogen) atoms. The fraction of sp³-hybridized carbons (Fsp3) is 0.500. The number of aromatic nitrogens is 4. The zero-order valence-corrected chi connectivity index (χ0v) is 14.9. The van der Waals surface area contributed by atoms with Gasteiger partial charge in [-0.1, -0.05) is 13.8 Å². The minimum Gasteiger partial charge on any atom is -0.342 e. The lowest BCUT2D eigenvalue weighted by atomic mass is 10.0. The van der Waals surface area contributed by atoms with Gasteiger partial charge in [0.05, 0.1) is 11.9 Å². The maximum atomic E-state index is 12.3. The summed E-state index contributed by atoms with van der Waals surface area (Å²) in [6.07, 6.45) is 6.45. The van der Waals surface area contributed by atoms with Gasteiger partial charge in [0.2, 0.25) is 5.91 Å². The van der Waals surface area contributed by atoms with Gasteiger partial charge in [-0.3, -0.25) is 9.78 Å². The third-order valence-electron chi connectivity index (χ3n) is 4.22. The Morgan fingerprint density at radius 1 is 1.32 bits per heavy atom. The van der Waals surface area contributed by atoms with Crippen molar-refractivity contribution < 1.29 is 4.79 Å². The number of hydrogen-bond donors (Lipinski definition) is 1.